The van der Waals surface area contributed by atoms with E-state index in [1.165, 1.54) is 6.42 Å². The zero-order valence-electron chi connectivity index (χ0n) is 11.2. The van der Waals surface area contributed by atoms with Crippen LogP contribution in [0.3, 0.4) is 0 Å². The number of thiocarbonyl (C=S) groups is 1. The first-order valence-electron chi connectivity index (χ1n) is 6.26. The fourth-order valence-corrected chi connectivity index (χ4v) is 2.31. The van der Waals surface area contributed by atoms with Crippen LogP contribution in [-0.4, -0.2) is 11.0 Å². The Morgan fingerprint density at radius 1 is 1.33 bits per heavy atom. The molecule has 0 amide bonds. The molecule has 0 aliphatic rings. The highest BCUT2D eigenvalue weighted by Crippen LogP contribution is 2.23. The van der Waals surface area contributed by atoms with Gasteiger partial charge in [-0.25, -0.2) is 0 Å². The van der Waals surface area contributed by atoms with Crippen LogP contribution in [0.25, 0.3) is 0 Å². The molecule has 0 radical (unpaired) electrons. The third-order valence-corrected chi connectivity index (χ3v) is 3.54. The van der Waals surface area contributed by atoms with E-state index in [1.54, 1.807) is 0 Å². The van der Waals surface area contributed by atoms with Gasteiger partial charge in [0, 0.05) is 21.8 Å². The van der Waals surface area contributed by atoms with Gasteiger partial charge in [0.1, 0.15) is 4.99 Å². The van der Waals surface area contributed by atoms with Crippen LogP contribution in [0.5, 0.6) is 0 Å². The molecule has 1 aromatic rings. The molecule has 3 N–H and O–H groups in total. The molecule has 4 heteroatoms. The zero-order valence-corrected chi connectivity index (χ0v) is 13.6. The minimum atomic E-state index is 0.412. The number of nitrogens with two attached hydrogens (primary N) is 1. The molecule has 1 aromatic carbocycles. The van der Waals surface area contributed by atoms with Gasteiger partial charge in [-0.3, -0.25) is 0 Å². The second kappa shape index (κ2) is 7.10. The standard InChI is InChI=1S/C14H21BrN2S/c1-9(2)4-5-10(3)17-13-8-11(15)6-7-12(13)14(16)18/h6-10,17H,4-5H2,1-3H3,(H2,16,18). The van der Waals surface area contributed by atoms with Crippen LogP contribution in [-0.2, 0) is 0 Å². The largest absolute Gasteiger partial charge is 0.389 e. The molecule has 2 nitrogen and oxygen atoms in total. The van der Waals surface area contributed by atoms with Gasteiger partial charge in [0.2, 0.25) is 0 Å². The SMILES string of the molecule is CC(C)CCC(C)Nc1cc(Br)ccc1C(N)=S. The summed E-state index contributed by atoms with van der Waals surface area (Å²) < 4.78 is 1.03. The molecular weight excluding hydrogens is 308 g/mol. The first-order valence-corrected chi connectivity index (χ1v) is 7.46. The van der Waals surface area contributed by atoms with Gasteiger partial charge < -0.3 is 11.1 Å². The van der Waals surface area contributed by atoms with Gasteiger partial charge in [-0.1, -0.05) is 42.0 Å². The van der Waals surface area contributed by atoms with Crippen molar-refractivity contribution in [3.05, 3.63) is 28.2 Å². The van der Waals surface area contributed by atoms with Crippen molar-refractivity contribution in [3.63, 3.8) is 0 Å². The van der Waals surface area contributed by atoms with E-state index in [4.69, 9.17) is 18.0 Å². The summed E-state index contributed by atoms with van der Waals surface area (Å²) in [6.45, 7) is 6.67. The minimum Gasteiger partial charge on any atom is -0.389 e. The highest BCUT2D eigenvalue weighted by molar-refractivity contribution is 9.10. The van der Waals surface area contributed by atoms with Gasteiger partial charge in [0.15, 0.2) is 0 Å². The zero-order chi connectivity index (χ0) is 13.7. The summed E-state index contributed by atoms with van der Waals surface area (Å²) in [5.41, 5.74) is 7.65. The van der Waals surface area contributed by atoms with Crippen LogP contribution < -0.4 is 11.1 Å². The monoisotopic (exact) mass is 328 g/mol. The number of hydrogen-bond acceptors (Lipinski definition) is 2. The van der Waals surface area contributed by atoms with Crippen molar-refractivity contribution >= 4 is 38.8 Å². The van der Waals surface area contributed by atoms with Crippen molar-refractivity contribution in [2.45, 2.75) is 39.7 Å². The van der Waals surface area contributed by atoms with E-state index < -0.39 is 0 Å². The lowest BCUT2D eigenvalue weighted by Gasteiger charge is -2.19. The number of hydrogen-bond donors (Lipinski definition) is 2. The Labute approximate surface area is 123 Å². The predicted molar refractivity (Wildman–Crippen MR) is 87.2 cm³/mol. The average molecular weight is 329 g/mol. The number of halogens is 1. The van der Waals surface area contributed by atoms with Gasteiger partial charge in [0.05, 0.1) is 0 Å². The molecule has 0 heterocycles. The third-order valence-electron chi connectivity index (χ3n) is 2.83. The van der Waals surface area contributed by atoms with Gasteiger partial charge >= 0.3 is 0 Å². The van der Waals surface area contributed by atoms with Crippen molar-refractivity contribution in [1.82, 2.24) is 0 Å². The topological polar surface area (TPSA) is 38.0 Å². The van der Waals surface area contributed by atoms with E-state index in [1.807, 2.05) is 18.2 Å². The lowest BCUT2D eigenvalue weighted by Crippen LogP contribution is -2.19. The maximum absolute atomic E-state index is 5.74. The van der Waals surface area contributed by atoms with Gasteiger partial charge in [-0.2, -0.15) is 0 Å². The van der Waals surface area contributed by atoms with Crippen LogP contribution in [0, 0.1) is 5.92 Å². The summed E-state index contributed by atoms with van der Waals surface area (Å²) in [5.74, 6) is 0.729. The summed E-state index contributed by atoms with van der Waals surface area (Å²) in [5, 5.41) is 3.49. The van der Waals surface area contributed by atoms with Crippen LogP contribution in [0.4, 0.5) is 5.69 Å². The van der Waals surface area contributed by atoms with Gasteiger partial charge in [-0.05, 0) is 43.9 Å². The molecule has 0 saturated carbocycles. The maximum Gasteiger partial charge on any atom is 0.106 e. The van der Waals surface area contributed by atoms with Crippen molar-refractivity contribution in [2.75, 3.05) is 5.32 Å². The molecule has 0 bridgehead atoms. The minimum absolute atomic E-state index is 0.412. The van der Waals surface area contributed by atoms with Crippen molar-refractivity contribution in [3.8, 4) is 0 Å². The van der Waals surface area contributed by atoms with Crippen LogP contribution in [0.1, 0.15) is 39.2 Å². The molecule has 1 atom stereocenters. The molecule has 0 aliphatic heterocycles. The Morgan fingerprint density at radius 2 is 2.00 bits per heavy atom. The fraction of sp³-hybridized carbons (Fsp3) is 0.500. The smallest absolute Gasteiger partial charge is 0.106 e. The summed E-state index contributed by atoms with van der Waals surface area (Å²) in [7, 11) is 0. The molecular formula is C14H21BrN2S. The molecule has 0 saturated heterocycles. The fourth-order valence-electron chi connectivity index (χ4n) is 1.77. The Balaban J connectivity index is 2.76. The van der Waals surface area contributed by atoms with Crippen molar-refractivity contribution in [2.24, 2.45) is 11.7 Å². The van der Waals surface area contributed by atoms with Crippen LogP contribution in [0.15, 0.2) is 22.7 Å². The first kappa shape index (κ1) is 15.4. The van der Waals surface area contributed by atoms with E-state index in [0.29, 0.717) is 11.0 Å². The highest BCUT2D eigenvalue weighted by atomic mass is 79.9. The Hall–Kier alpha value is -0.610. The molecule has 1 unspecified atom stereocenters. The second-order valence-corrected chi connectivity index (χ2v) is 6.43. The number of nitrogens with one attached hydrogen (secondary N) is 1. The van der Waals surface area contributed by atoms with Crippen LogP contribution in [0.2, 0.25) is 0 Å². The number of rotatable bonds is 6. The Bertz CT molecular complexity index is 418. The summed E-state index contributed by atoms with van der Waals surface area (Å²) >= 11 is 8.55. The van der Waals surface area contributed by atoms with Gasteiger partial charge in [0.25, 0.3) is 0 Å². The lowest BCUT2D eigenvalue weighted by molar-refractivity contribution is 0.527. The second-order valence-electron chi connectivity index (χ2n) is 5.07. The number of benzene rings is 1. The highest BCUT2D eigenvalue weighted by Gasteiger charge is 2.09. The summed E-state index contributed by atoms with van der Waals surface area (Å²) in [6.07, 6.45) is 2.35. The maximum atomic E-state index is 5.74. The quantitative estimate of drug-likeness (QED) is 0.764. The summed E-state index contributed by atoms with van der Waals surface area (Å²) in [6, 6.07) is 6.35. The Kier molecular flexibility index (Phi) is 6.09. The molecule has 1 rings (SSSR count). The van der Waals surface area contributed by atoms with E-state index in [0.717, 1.165) is 28.1 Å². The molecule has 0 spiro atoms. The third kappa shape index (κ3) is 4.94. The molecule has 0 aromatic heterocycles. The predicted octanol–water partition coefficient (Wildman–Crippen LogP) is 4.32. The summed E-state index contributed by atoms with van der Waals surface area (Å²) in [4.78, 5) is 0.432. The Morgan fingerprint density at radius 3 is 2.56 bits per heavy atom. The lowest BCUT2D eigenvalue weighted by atomic mass is 10.0. The number of anilines is 1. The van der Waals surface area contributed by atoms with E-state index in [-0.39, 0.29) is 0 Å². The first-order chi connectivity index (χ1) is 8.40. The van der Waals surface area contributed by atoms with Gasteiger partial charge in [-0.15, -0.1) is 0 Å². The van der Waals surface area contributed by atoms with E-state index in [9.17, 15) is 0 Å². The average Bonchev–Trinajstić information content (AvgIpc) is 2.26. The molecule has 0 fully saturated rings. The molecule has 18 heavy (non-hydrogen) atoms. The molecule has 100 valence electrons. The van der Waals surface area contributed by atoms with Crippen LogP contribution >= 0.6 is 28.1 Å². The van der Waals surface area contributed by atoms with E-state index >= 15 is 0 Å². The van der Waals surface area contributed by atoms with Crippen molar-refractivity contribution < 1.29 is 0 Å². The van der Waals surface area contributed by atoms with Crippen molar-refractivity contribution in [1.29, 1.82) is 0 Å². The van der Waals surface area contributed by atoms with E-state index in [2.05, 4.69) is 42.0 Å². The normalized spacial score (nSPS) is 12.5. The molecule has 0 aliphatic carbocycles.